The Morgan fingerprint density at radius 1 is 0.964 bits per heavy atom. The monoisotopic (exact) mass is 403 g/mol. The molecule has 1 heterocycles. The maximum absolute atomic E-state index is 13.5. The van der Waals surface area contributed by atoms with Crippen molar-refractivity contribution in [1.82, 2.24) is 0 Å². The number of ether oxygens (including phenoxy) is 3. The largest absolute Gasteiger partial charge is 0.485 e. The van der Waals surface area contributed by atoms with Crippen LogP contribution in [0.3, 0.4) is 0 Å². The predicted octanol–water partition coefficient (Wildman–Crippen LogP) is 2.70. The Balaban J connectivity index is 1.60. The molecule has 11 heteroatoms. The fraction of sp³-hybridized carbons (Fsp3) is 0.176. The summed E-state index contributed by atoms with van der Waals surface area (Å²) in [6, 6.07) is 6.46. The summed E-state index contributed by atoms with van der Waals surface area (Å²) in [5.41, 5.74) is -1.55. The van der Waals surface area contributed by atoms with E-state index in [9.17, 15) is 31.5 Å². The van der Waals surface area contributed by atoms with Crippen LogP contribution in [0.25, 0.3) is 0 Å². The minimum Gasteiger partial charge on any atom is -0.485 e. The van der Waals surface area contributed by atoms with Gasteiger partial charge in [-0.25, -0.2) is 26.7 Å². The fourth-order valence-corrected chi connectivity index (χ4v) is 2.26. The Labute approximate surface area is 153 Å². The van der Waals surface area contributed by atoms with Crippen LogP contribution < -0.4 is 14.8 Å². The molecule has 1 amide bonds. The van der Waals surface area contributed by atoms with Crippen LogP contribution in [-0.2, 0) is 14.3 Å². The van der Waals surface area contributed by atoms with E-state index in [1.807, 2.05) is 0 Å². The van der Waals surface area contributed by atoms with Gasteiger partial charge >= 0.3 is 5.97 Å². The third kappa shape index (κ3) is 3.68. The van der Waals surface area contributed by atoms with Crippen molar-refractivity contribution >= 4 is 17.6 Å². The van der Waals surface area contributed by atoms with Crippen LogP contribution in [0.5, 0.6) is 11.5 Å². The molecule has 0 spiro atoms. The molecule has 0 aliphatic carbocycles. The molecule has 6 nitrogen and oxygen atoms in total. The maximum atomic E-state index is 13.5. The van der Waals surface area contributed by atoms with Gasteiger partial charge in [-0.05, 0) is 12.1 Å². The van der Waals surface area contributed by atoms with Crippen LogP contribution in [0.15, 0.2) is 24.3 Å². The van der Waals surface area contributed by atoms with Crippen molar-refractivity contribution in [3.63, 3.8) is 0 Å². The number of hydrogen-bond acceptors (Lipinski definition) is 5. The quantitative estimate of drug-likeness (QED) is 0.368. The van der Waals surface area contributed by atoms with Gasteiger partial charge in [0.2, 0.25) is 11.9 Å². The van der Waals surface area contributed by atoms with Gasteiger partial charge in [0.25, 0.3) is 5.91 Å². The topological polar surface area (TPSA) is 73.9 Å². The summed E-state index contributed by atoms with van der Waals surface area (Å²) in [6.07, 6.45) is -1.21. The number of fused-ring (bicyclic) bond motifs is 1. The zero-order chi connectivity index (χ0) is 20.4. The zero-order valence-electron chi connectivity index (χ0n) is 13.7. The molecule has 148 valence electrons. The van der Waals surface area contributed by atoms with Gasteiger partial charge < -0.3 is 19.5 Å². The smallest absolute Gasteiger partial charge is 0.351 e. The minimum atomic E-state index is -2.37. The average molecular weight is 403 g/mol. The second-order valence-corrected chi connectivity index (χ2v) is 5.47. The van der Waals surface area contributed by atoms with Crippen molar-refractivity contribution in [1.29, 1.82) is 0 Å². The Morgan fingerprint density at radius 2 is 1.54 bits per heavy atom. The third-order valence-electron chi connectivity index (χ3n) is 3.59. The Bertz CT molecular complexity index is 923. The first kappa shape index (κ1) is 19.4. The molecule has 0 radical (unpaired) electrons. The van der Waals surface area contributed by atoms with E-state index in [-0.39, 0.29) is 12.4 Å². The molecule has 0 saturated heterocycles. The molecule has 1 atom stereocenters. The molecule has 28 heavy (non-hydrogen) atoms. The van der Waals surface area contributed by atoms with Crippen molar-refractivity contribution in [3.8, 4) is 11.5 Å². The van der Waals surface area contributed by atoms with Crippen molar-refractivity contribution < 1.29 is 45.8 Å². The highest BCUT2D eigenvalue weighted by molar-refractivity contribution is 5.93. The van der Waals surface area contributed by atoms with E-state index in [2.05, 4.69) is 4.74 Å². The first-order valence-electron chi connectivity index (χ1n) is 7.66. The van der Waals surface area contributed by atoms with Gasteiger partial charge in [-0.2, -0.15) is 0 Å². The first-order valence-corrected chi connectivity index (χ1v) is 7.66. The van der Waals surface area contributed by atoms with E-state index in [0.29, 0.717) is 5.75 Å². The average Bonchev–Trinajstić information content (AvgIpc) is 2.71. The predicted molar refractivity (Wildman–Crippen MR) is 82.2 cm³/mol. The molecule has 1 aliphatic heterocycles. The lowest BCUT2D eigenvalue weighted by molar-refractivity contribution is -0.156. The SMILES string of the molecule is O=C(COC(=O)[C@H]1COc2ccccc2O1)Nc1c(F)c(F)c(F)c(F)c1F. The van der Waals surface area contributed by atoms with Crippen LogP contribution in [0.1, 0.15) is 0 Å². The number of benzene rings is 2. The zero-order valence-corrected chi connectivity index (χ0v) is 13.7. The molecular formula is C17H10F5NO5. The van der Waals surface area contributed by atoms with Gasteiger partial charge in [0.05, 0.1) is 0 Å². The number of esters is 1. The lowest BCUT2D eigenvalue weighted by atomic mass is 10.2. The molecular weight excluding hydrogens is 393 g/mol. The molecule has 0 bridgehead atoms. The van der Waals surface area contributed by atoms with Crippen molar-refractivity contribution in [2.75, 3.05) is 18.5 Å². The van der Waals surface area contributed by atoms with Crippen molar-refractivity contribution in [3.05, 3.63) is 53.4 Å². The summed E-state index contributed by atoms with van der Waals surface area (Å²) in [7, 11) is 0. The first-order chi connectivity index (χ1) is 13.3. The van der Waals surface area contributed by atoms with Crippen LogP contribution in [0, 0.1) is 29.1 Å². The second-order valence-electron chi connectivity index (χ2n) is 5.47. The van der Waals surface area contributed by atoms with E-state index >= 15 is 0 Å². The number of anilines is 1. The van der Waals surface area contributed by atoms with E-state index < -0.39 is 59.4 Å². The van der Waals surface area contributed by atoms with Crippen LogP contribution in [0.4, 0.5) is 27.6 Å². The normalized spacial score (nSPS) is 15.1. The summed E-state index contributed by atoms with van der Waals surface area (Å²) in [6.45, 7) is -1.27. The van der Waals surface area contributed by atoms with E-state index in [1.54, 1.807) is 18.2 Å². The molecule has 0 unspecified atom stereocenters. The number of carbonyl (C=O) groups excluding carboxylic acids is 2. The molecule has 2 aromatic rings. The number of hydrogen-bond donors (Lipinski definition) is 1. The molecule has 0 aromatic heterocycles. The van der Waals surface area contributed by atoms with E-state index in [0.717, 1.165) is 0 Å². The number of carbonyl (C=O) groups is 2. The van der Waals surface area contributed by atoms with Crippen LogP contribution >= 0.6 is 0 Å². The van der Waals surface area contributed by atoms with E-state index in [1.165, 1.54) is 11.4 Å². The van der Waals surface area contributed by atoms with E-state index in [4.69, 9.17) is 9.47 Å². The van der Waals surface area contributed by atoms with Crippen LogP contribution in [0.2, 0.25) is 0 Å². The molecule has 0 saturated carbocycles. The van der Waals surface area contributed by atoms with Gasteiger partial charge in [-0.3, -0.25) is 4.79 Å². The highest BCUT2D eigenvalue weighted by atomic mass is 19.2. The highest BCUT2D eigenvalue weighted by Gasteiger charge is 2.30. The van der Waals surface area contributed by atoms with Crippen LogP contribution in [-0.4, -0.2) is 31.2 Å². The van der Waals surface area contributed by atoms with Gasteiger partial charge in [0.1, 0.15) is 12.3 Å². The highest BCUT2D eigenvalue weighted by Crippen LogP contribution is 2.31. The van der Waals surface area contributed by atoms with Gasteiger partial charge in [-0.15, -0.1) is 0 Å². The molecule has 2 aromatic carbocycles. The molecule has 1 aliphatic rings. The Kier molecular flexibility index (Phi) is 5.34. The molecule has 1 N–H and O–H groups in total. The molecule has 0 fully saturated rings. The van der Waals surface area contributed by atoms with Gasteiger partial charge in [0.15, 0.2) is 41.4 Å². The number of rotatable bonds is 4. The van der Waals surface area contributed by atoms with Crippen molar-refractivity contribution in [2.24, 2.45) is 0 Å². The number of halogens is 5. The fourth-order valence-electron chi connectivity index (χ4n) is 2.26. The summed E-state index contributed by atoms with van der Waals surface area (Å²) >= 11 is 0. The Morgan fingerprint density at radius 3 is 2.18 bits per heavy atom. The maximum Gasteiger partial charge on any atom is 0.351 e. The molecule has 3 rings (SSSR count). The number of nitrogens with one attached hydrogen (secondary N) is 1. The second kappa shape index (κ2) is 7.71. The summed E-state index contributed by atoms with van der Waals surface area (Å²) in [5, 5.41) is 1.48. The minimum absolute atomic E-state index is 0.213. The summed E-state index contributed by atoms with van der Waals surface area (Å²) in [4.78, 5) is 23.6. The standard InChI is InChI=1S/C17H10F5NO5/c18-11-12(19)14(21)16(15(22)13(11)20)23-10(24)6-27-17(25)9-5-26-7-3-1-2-4-8(7)28-9/h1-4,9H,5-6H2,(H,23,24)/t9-/m1/s1. The summed E-state index contributed by atoms with van der Waals surface area (Å²) in [5.74, 6) is -13.0. The van der Waals surface area contributed by atoms with Crippen molar-refractivity contribution in [2.45, 2.75) is 6.10 Å². The number of amides is 1. The Hall–Kier alpha value is -3.37. The van der Waals surface area contributed by atoms with Gasteiger partial charge in [0, 0.05) is 0 Å². The third-order valence-corrected chi connectivity index (χ3v) is 3.59. The lowest BCUT2D eigenvalue weighted by Crippen LogP contribution is -2.39. The number of para-hydroxylation sites is 2. The van der Waals surface area contributed by atoms with Gasteiger partial charge in [-0.1, -0.05) is 12.1 Å². The summed E-state index contributed by atoms with van der Waals surface area (Å²) < 4.78 is 81.4. The lowest BCUT2D eigenvalue weighted by Gasteiger charge is -2.24.